The van der Waals surface area contributed by atoms with Gasteiger partial charge in [0.25, 0.3) is 5.91 Å². The molecule has 2 atom stereocenters. The first-order valence-electron chi connectivity index (χ1n) is 9.28. The van der Waals surface area contributed by atoms with Crippen LogP contribution in [0, 0.1) is 5.92 Å². The molecule has 3 heterocycles. The van der Waals surface area contributed by atoms with Crippen molar-refractivity contribution < 1.29 is 18.8 Å². The summed E-state index contributed by atoms with van der Waals surface area (Å²) in [6.07, 6.45) is 0.927. The average Bonchev–Trinajstić information content (AvgIpc) is 3.17. The number of hydrogen-bond donors (Lipinski definition) is 2. The number of nitrogens with one attached hydrogen (secondary N) is 1. The Morgan fingerprint density at radius 1 is 1.37 bits per heavy atom. The number of fused-ring (bicyclic) bond motifs is 1. The van der Waals surface area contributed by atoms with Crippen molar-refractivity contribution in [2.24, 2.45) is 11.7 Å². The van der Waals surface area contributed by atoms with Gasteiger partial charge in [-0.3, -0.25) is 14.4 Å². The standard InChI is InChI=1S/C18H27N5O4/c1-12(2)8-20-13-9-22(18(26)14-4-3-7-27-14)15-10-21(6-5-19)16(24)11-23(15)17(13)25/h3-4,7,12-13,15,20H,5-6,8-11,19H2,1-2H3. The first kappa shape index (κ1) is 19.4. The Bertz CT molecular complexity index is 690. The van der Waals surface area contributed by atoms with Crippen molar-refractivity contribution in [2.45, 2.75) is 26.1 Å². The number of carbonyl (C=O) groups is 3. The van der Waals surface area contributed by atoms with Crippen molar-refractivity contribution in [3.05, 3.63) is 24.2 Å². The Morgan fingerprint density at radius 2 is 2.15 bits per heavy atom. The summed E-state index contributed by atoms with van der Waals surface area (Å²) in [6, 6.07) is 2.71. The highest BCUT2D eigenvalue weighted by molar-refractivity contribution is 5.95. The van der Waals surface area contributed by atoms with Gasteiger partial charge in [0, 0.05) is 19.6 Å². The maximum Gasteiger partial charge on any atom is 0.291 e. The van der Waals surface area contributed by atoms with E-state index in [1.807, 2.05) is 13.8 Å². The fourth-order valence-electron chi connectivity index (χ4n) is 3.50. The van der Waals surface area contributed by atoms with Gasteiger partial charge in [-0.05, 0) is 24.6 Å². The van der Waals surface area contributed by atoms with Crippen LogP contribution in [0.15, 0.2) is 22.8 Å². The summed E-state index contributed by atoms with van der Waals surface area (Å²) in [6.45, 7) is 5.90. The molecule has 2 saturated heterocycles. The molecule has 2 fully saturated rings. The molecular weight excluding hydrogens is 350 g/mol. The number of amides is 3. The van der Waals surface area contributed by atoms with Crippen molar-refractivity contribution in [1.29, 1.82) is 0 Å². The Labute approximate surface area is 158 Å². The van der Waals surface area contributed by atoms with Gasteiger partial charge in [-0.15, -0.1) is 0 Å². The van der Waals surface area contributed by atoms with E-state index in [1.165, 1.54) is 11.2 Å². The summed E-state index contributed by atoms with van der Waals surface area (Å²) in [4.78, 5) is 43.1. The quantitative estimate of drug-likeness (QED) is 0.678. The maximum atomic E-state index is 13.0. The topological polar surface area (TPSA) is 112 Å². The van der Waals surface area contributed by atoms with Crippen LogP contribution in [-0.2, 0) is 9.59 Å². The molecule has 0 saturated carbocycles. The van der Waals surface area contributed by atoms with Gasteiger partial charge in [-0.2, -0.15) is 0 Å². The van der Waals surface area contributed by atoms with E-state index in [2.05, 4.69) is 5.32 Å². The lowest BCUT2D eigenvalue weighted by molar-refractivity contribution is -0.161. The van der Waals surface area contributed by atoms with Gasteiger partial charge in [0.05, 0.1) is 12.8 Å². The molecule has 27 heavy (non-hydrogen) atoms. The third-order valence-electron chi connectivity index (χ3n) is 4.89. The largest absolute Gasteiger partial charge is 0.459 e. The number of nitrogens with zero attached hydrogens (tertiary/aromatic N) is 3. The molecule has 3 amide bonds. The monoisotopic (exact) mass is 377 g/mol. The highest BCUT2D eigenvalue weighted by Crippen LogP contribution is 2.23. The molecule has 3 rings (SSSR count). The van der Waals surface area contributed by atoms with Crippen LogP contribution >= 0.6 is 0 Å². The molecule has 2 unspecified atom stereocenters. The van der Waals surface area contributed by atoms with E-state index in [4.69, 9.17) is 10.2 Å². The van der Waals surface area contributed by atoms with Crippen LogP contribution in [0.3, 0.4) is 0 Å². The van der Waals surface area contributed by atoms with Crippen molar-refractivity contribution in [1.82, 2.24) is 20.0 Å². The van der Waals surface area contributed by atoms with Gasteiger partial charge < -0.3 is 30.2 Å². The first-order chi connectivity index (χ1) is 12.9. The summed E-state index contributed by atoms with van der Waals surface area (Å²) < 4.78 is 5.27. The van der Waals surface area contributed by atoms with E-state index in [-0.39, 0.29) is 43.1 Å². The fraction of sp³-hybridized carbons (Fsp3) is 0.611. The van der Waals surface area contributed by atoms with Crippen LogP contribution in [0.4, 0.5) is 0 Å². The molecule has 148 valence electrons. The molecule has 2 aliphatic rings. The Hall–Kier alpha value is -2.39. The van der Waals surface area contributed by atoms with Crippen LogP contribution < -0.4 is 11.1 Å². The van der Waals surface area contributed by atoms with Gasteiger partial charge in [0.1, 0.15) is 18.8 Å². The molecule has 2 aliphatic heterocycles. The molecule has 9 nitrogen and oxygen atoms in total. The zero-order valence-corrected chi connectivity index (χ0v) is 15.8. The first-order valence-corrected chi connectivity index (χ1v) is 9.28. The molecule has 9 heteroatoms. The zero-order valence-electron chi connectivity index (χ0n) is 15.8. The third-order valence-corrected chi connectivity index (χ3v) is 4.89. The van der Waals surface area contributed by atoms with Crippen LogP contribution in [0.25, 0.3) is 0 Å². The highest BCUT2D eigenvalue weighted by Gasteiger charge is 2.47. The molecule has 0 aromatic carbocycles. The molecule has 0 spiro atoms. The van der Waals surface area contributed by atoms with Gasteiger partial charge in [0.2, 0.25) is 11.8 Å². The lowest BCUT2D eigenvalue weighted by Gasteiger charge is -2.50. The molecular formula is C18H27N5O4. The minimum Gasteiger partial charge on any atom is -0.459 e. The minimum absolute atomic E-state index is 0.0503. The average molecular weight is 377 g/mol. The molecule has 0 radical (unpaired) electrons. The van der Waals surface area contributed by atoms with Crippen LogP contribution in [-0.4, -0.2) is 83.9 Å². The van der Waals surface area contributed by atoms with Gasteiger partial charge in [-0.1, -0.05) is 13.8 Å². The Kier molecular flexibility index (Phi) is 5.81. The van der Waals surface area contributed by atoms with E-state index in [0.717, 1.165) is 0 Å². The second kappa shape index (κ2) is 8.10. The zero-order chi connectivity index (χ0) is 19.6. The molecule has 0 bridgehead atoms. The predicted octanol–water partition coefficient (Wildman–Crippen LogP) is -0.695. The minimum atomic E-state index is -0.545. The fourth-order valence-corrected chi connectivity index (χ4v) is 3.50. The summed E-state index contributed by atoms with van der Waals surface area (Å²) in [5, 5.41) is 3.22. The number of nitrogens with two attached hydrogens (primary N) is 1. The van der Waals surface area contributed by atoms with E-state index in [9.17, 15) is 14.4 Å². The summed E-state index contributed by atoms with van der Waals surface area (Å²) in [7, 11) is 0. The van der Waals surface area contributed by atoms with Crippen molar-refractivity contribution in [2.75, 3.05) is 39.3 Å². The van der Waals surface area contributed by atoms with Gasteiger partial charge in [-0.25, -0.2) is 0 Å². The summed E-state index contributed by atoms with van der Waals surface area (Å²) >= 11 is 0. The number of piperazine rings is 1. The van der Waals surface area contributed by atoms with Gasteiger partial charge >= 0.3 is 0 Å². The lowest BCUT2D eigenvalue weighted by Crippen LogP contribution is -2.73. The molecule has 1 aromatic rings. The third kappa shape index (κ3) is 3.98. The normalized spacial score (nSPS) is 23.2. The molecule has 1 aromatic heterocycles. The van der Waals surface area contributed by atoms with Crippen molar-refractivity contribution in [3.63, 3.8) is 0 Å². The van der Waals surface area contributed by atoms with Crippen molar-refractivity contribution in [3.8, 4) is 0 Å². The summed E-state index contributed by atoms with van der Waals surface area (Å²) in [5.41, 5.74) is 5.60. The predicted molar refractivity (Wildman–Crippen MR) is 97.5 cm³/mol. The Balaban J connectivity index is 1.86. The lowest BCUT2D eigenvalue weighted by atomic mass is 10.1. The van der Waals surface area contributed by atoms with E-state index < -0.39 is 12.2 Å². The number of furan rings is 1. The second-order valence-electron chi connectivity index (χ2n) is 7.36. The van der Waals surface area contributed by atoms with E-state index in [0.29, 0.717) is 25.6 Å². The molecule has 0 aliphatic carbocycles. The van der Waals surface area contributed by atoms with Gasteiger partial charge in [0.15, 0.2) is 5.76 Å². The number of hydrogen-bond acceptors (Lipinski definition) is 6. The SMILES string of the molecule is CC(C)CNC1CN(C(=O)c2ccco2)C2CN(CCN)C(=O)CN2C1=O. The van der Waals surface area contributed by atoms with E-state index in [1.54, 1.807) is 21.9 Å². The highest BCUT2D eigenvalue weighted by atomic mass is 16.3. The second-order valence-corrected chi connectivity index (χ2v) is 7.36. The maximum absolute atomic E-state index is 13.0. The molecule has 3 N–H and O–H groups in total. The smallest absolute Gasteiger partial charge is 0.291 e. The van der Waals surface area contributed by atoms with Crippen molar-refractivity contribution >= 4 is 17.7 Å². The van der Waals surface area contributed by atoms with Crippen LogP contribution in [0.1, 0.15) is 24.4 Å². The number of rotatable bonds is 6. The van der Waals surface area contributed by atoms with E-state index >= 15 is 0 Å². The Morgan fingerprint density at radius 3 is 2.78 bits per heavy atom. The van der Waals surface area contributed by atoms with Crippen LogP contribution in [0.5, 0.6) is 0 Å². The van der Waals surface area contributed by atoms with Crippen LogP contribution in [0.2, 0.25) is 0 Å². The number of carbonyl (C=O) groups excluding carboxylic acids is 3. The summed E-state index contributed by atoms with van der Waals surface area (Å²) in [5.74, 6) is -0.0206.